The van der Waals surface area contributed by atoms with Gasteiger partial charge in [-0.25, -0.2) is 0 Å². The van der Waals surface area contributed by atoms with Gasteiger partial charge in [-0.2, -0.15) is 0 Å². The van der Waals surface area contributed by atoms with Crippen LogP contribution in [0.2, 0.25) is 0 Å². The lowest BCUT2D eigenvalue weighted by Gasteiger charge is -2.44. The van der Waals surface area contributed by atoms with Crippen molar-refractivity contribution >= 4 is 11.9 Å². The first-order chi connectivity index (χ1) is 16.1. The zero-order valence-electron chi connectivity index (χ0n) is 18.3. The van der Waals surface area contributed by atoms with E-state index in [0.717, 1.165) is 6.26 Å². The number of esters is 2. The Hall–Kier alpha value is -1.72. The molecule has 0 aromatic heterocycles. The minimum Gasteiger partial charge on any atom is -0.454 e. The second kappa shape index (κ2) is 12.8. The van der Waals surface area contributed by atoms with Crippen LogP contribution < -0.4 is 0 Å². The molecule has 196 valence electrons. The summed E-state index contributed by atoms with van der Waals surface area (Å²) in [5, 5.41) is 69.6. The molecule has 0 aromatic carbocycles. The maximum Gasteiger partial charge on any atom is 0.310 e. The predicted molar refractivity (Wildman–Crippen MR) is 107 cm³/mol. The molecule has 9 atom stereocenters. The summed E-state index contributed by atoms with van der Waals surface area (Å²) in [5.74, 6) is -3.72. The number of rotatable bonds is 12. The van der Waals surface area contributed by atoms with Crippen molar-refractivity contribution < 1.29 is 69.0 Å². The van der Waals surface area contributed by atoms with E-state index in [1.807, 2.05) is 0 Å². The minimum atomic E-state index is -2.34. The lowest BCUT2D eigenvalue weighted by Crippen LogP contribution is -2.63. The Kier molecular flexibility index (Phi) is 10.8. The van der Waals surface area contributed by atoms with Crippen molar-refractivity contribution in [3.63, 3.8) is 0 Å². The molecule has 2 aliphatic heterocycles. The van der Waals surface area contributed by atoms with Gasteiger partial charge in [0.1, 0.15) is 43.2 Å². The Morgan fingerprint density at radius 1 is 0.912 bits per heavy atom. The van der Waals surface area contributed by atoms with Gasteiger partial charge in [0.05, 0.1) is 19.5 Å². The van der Waals surface area contributed by atoms with E-state index in [1.54, 1.807) is 0 Å². The van der Waals surface area contributed by atoms with Gasteiger partial charge in [-0.3, -0.25) is 9.59 Å². The number of hydrogen-bond donors (Lipinski definition) is 7. The zero-order chi connectivity index (χ0) is 25.5. The first kappa shape index (κ1) is 28.5. The number of carbonyl (C=O) groups is 2. The third kappa shape index (κ3) is 6.48. The second-order valence-corrected chi connectivity index (χ2v) is 7.89. The molecule has 0 radical (unpaired) electrons. The fraction of sp³-hybridized carbons (Fsp3) is 0.800. The molecule has 0 bridgehead atoms. The summed E-state index contributed by atoms with van der Waals surface area (Å²) in [4.78, 5) is 23.6. The van der Waals surface area contributed by atoms with Crippen LogP contribution in [0.15, 0.2) is 12.8 Å². The second-order valence-electron chi connectivity index (χ2n) is 7.89. The SMILES string of the molecule is C=COC(=O)CCCCC(=O)O[C@H]1[C@H](O[C@]2(CO)O[C@H](CO)[C@@H](O)[C@@H]2O)O[C@H](CO)[C@@H](O)[C@@H]1O. The Balaban J connectivity index is 2.10. The Morgan fingerprint density at radius 3 is 2.06 bits per heavy atom. The van der Waals surface area contributed by atoms with E-state index in [-0.39, 0.29) is 25.7 Å². The molecule has 0 aromatic rings. The van der Waals surface area contributed by atoms with Gasteiger partial charge >= 0.3 is 11.9 Å². The number of carbonyl (C=O) groups excluding carboxylic acids is 2. The highest BCUT2D eigenvalue weighted by molar-refractivity contribution is 5.71. The number of ether oxygens (including phenoxy) is 5. The third-order valence-corrected chi connectivity index (χ3v) is 5.54. The van der Waals surface area contributed by atoms with E-state index in [0.29, 0.717) is 0 Å². The first-order valence-corrected chi connectivity index (χ1v) is 10.7. The van der Waals surface area contributed by atoms with Crippen LogP contribution in [-0.4, -0.2) is 122 Å². The minimum absolute atomic E-state index is 0.0275. The molecule has 7 N–H and O–H groups in total. The first-order valence-electron chi connectivity index (χ1n) is 10.7. The van der Waals surface area contributed by atoms with Crippen molar-refractivity contribution in [2.75, 3.05) is 19.8 Å². The number of unbranched alkanes of at least 4 members (excludes halogenated alkanes) is 1. The maximum absolute atomic E-state index is 12.3. The van der Waals surface area contributed by atoms with Gasteiger partial charge in [-0.1, -0.05) is 6.58 Å². The van der Waals surface area contributed by atoms with E-state index in [2.05, 4.69) is 11.3 Å². The van der Waals surface area contributed by atoms with Crippen LogP contribution in [0.25, 0.3) is 0 Å². The van der Waals surface area contributed by atoms with Crippen molar-refractivity contribution in [1.82, 2.24) is 0 Å². The topological polar surface area (TPSA) is 222 Å². The lowest BCUT2D eigenvalue weighted by molar-refractivity contribution is -0.384. The Labute approximate surface area is 194 Å². The van der Waals surface area contributed by atoms with Crippen LogP contribution in [0.4, 0.5) is 0 Å². The zero-order valence-corrected chi connectivity index (χ0v) is 18.3. The molecule has 34 heavy (non-hydrogen) atoms. The molecule has 2 fully saturated rings. The summed E-state index contributed by atoms with van der Waals surface area (Å²) < 4.78 is 25.9. The number of aliphatic hydroxyl groups excluding tert-OH is 7. The summed E-state index contributed by atoms with van der Waals surface area (Å²) in [6, 6.07) is 0. The molecule has 0 aliphatic carbocycles. The molecule has 2 heterocycles. The van der Waals surface area contributed by atoms with Crippen LogP contribution in [-0.2, 0) is 33.3 Å². The van der Waals surface area contributed by atoms with Crippen LogP contribution in [0.5, 0.6) is 0 Å². The van der Waals surface area contributed by atoms with Crippen molar-refractivity contribution in [2.24, 2.45) is 0 Å². The molecule has 2 rings (SSSR count). The molecule has 0 spiro atoms. The smallest absolute Gasteiger partial charge is 0.310 e. The average Bonchev–Trinajstić information content (AvgIpc) is 3.06. The molecular formula is C20H32O14. The predicted octanol–water partition coefficient (Wildman–Crippen LogP) is -3.60. The Morgan fingerprint density at radius 2 is 1.53 bits per heavy atom. The summed E-state index contributed by atoms with van der Waals surface area (Å²) in [7, 11) is 0. The number of hydrogen-bond acceptors (Lipinski definition) is 14. The van der Waals surface area contributed by atoms with Crippen LogP contribution in [0, 0.1) is 0 Å². The van der Waals surface area contributed by atoms with E-state index < -0.39 is 86.6 Å². The fourth-order valence-corrected chi connectivity index (χ4v) is 3.64. The van der Waals surface area contributed by atoms with Gasteiger partial charge in [-0.15, -0.1) is 0 Å². The summed E-state index contributed by atoms with van der Waals surface area (Å²) >= 11 is 0. The van der Waals surface area contributed by atoms with E-state index in [1.165, 1.54) is 0 Å². The molecule has 0 amide bonds. The average molecular weight is 496 g/mol. The van der Waals surface area contributed by atoms with E-state index >= 15 is 0 Å². The van der Waals surface area contributed by atoms with Crippen molar-refractivity contribution in [3.05, 3.63) is 12.8 Å². The maximum atomic E-state index is 12.3. The molecule has 2 saturated heterocycles. The van der Waals surface area contributed by atoms with E-state index in [9.17, 15) is 45.3 Å². The highest BCUT2D eigenvalue weighted by atomic mass is 16.8. The van der Waals surface area contributed by atoms with Gasteiger partial charge in [0.15, 0.2) is 6.10 Å². The highest BCUT2D eigenvalue weighted by Gasteiger charge is 2.59. The molecule has 2 aliphatic rings. The van der Waals surface area contributed by atoms with Gasteiger partial charge < -0.3 is 59.4 Å². The van der Waals surface area contributed by atoms with Crippen LogP contribution >= 0.6 is 0 Å². The van der Waals surface area contributed by atoms with Gasteiger partial charge in [-0.05, 0) is 12.8 Å². The largest absolute Gasteiger partial charge is 0.454 e. The summed E-state index contributed by atoms with van der Waals surface area (Å²) in [6.07, 6.45) is -11.9. The van der Waals surface area contributed by atoms with Crippen molar-refractivity contribution in [1.29, 1.82) is 0 Å². The summed E-state index contributed by atoms with van der Waals surface area (Å²) in [6.45, 7) is 0.721. The third-order valence-electron chi connectivity index (χ3n) is 5.54. The van der Waals surface area contributed by atoms with Gasteiger partial charge in [0.2, 0.25) is 12.1 Å². The van der Waals surface area contributed by atoms with Gasteiger partial charge in [0, 0.05) is 12.8 Å². The van der Waals surface area contributed by atoms with Crippen LogP contribution in [0.3, 0.4) is 0 Å². The highest BCUT2D eigenvalue weighted by Crippen LogP contribution is 2.36. The quantitative estimate of drug-likeness (QED) is 0.0788. The fourth-order valence-electron chi connectivity index (χ4n) is 3.64. The molecule has 14 nitrogen and oxygen atoms in total. The summed E-state index contributed by atoms with van der Waals surface area (Å²) in [5.41, 5.74) is 0. The van der Waals surface area contributed by atoms with Gasteiger partial charge in [0.25, 0.3) is 0 Å². The molecule has 14 heteroatoms. The Bertz CT molecular complexity index is 688. The number of aliphatic hydroxyl groups is 7. The van der Waals surface area contributed by atoms with Crippen LogP contribution in [0.1, 0.15) is 25.7 Å². The molecule has 0 unspecified atom stereocenters. The standard InChI is InChI=1S/C20H32O14/c1-2-30-12(24)5-3-4-6-13(25)32-17-16(28)14(26)10(7-21)31-19(17)34-20(9-23)18(29)15(27)11(8-22)33-20/h2,10-11,14-19,21-23,26-29H,1,3-9H2/t10-,11-,14-,15-,16+,17-,18+,19+,20+/m1/s1. The molecule has 0 saturated carbocycles. The molecular weight excluding hydrogens is 464 g/mol. The van der Waals surface area contributed by atoms with E-state index in [4.69, 9.17) is 18.9 Å². The van der Waals surface area contributed by atoms with Crippen molar-refractivity contribution in [3.8, 4) is 0 Å². The lowest BCUT2D eigenvalue weighted by atomic mass is 9.98. The normalized spacial score (nSPS) is 37.9. The monoisotopic (exact) mass is 496 g/mol. The van der Waals surface area contributed by atoms with Crippen molar-refractivity contribution in [2.45, 2.75) is 80.5 Å².